The van der Waals surface area contributed by atoms with E-state index in [-0.39, 0.29) is 5.70 Å². The normalized spacial score (nSPS) is 14.6. The molecule has 8 nitrogen and oxygen atoms in total. The van der Waals surface area contributed by atoms with Crippen molar-refractivity contribution >= 4 is 45.5 Å². The highest BCUT2D eigenvalue weighted by Gasteiger charge is 2.35. The number of anilines is 1. The number of urea groups is 1. The molecule has 31 heavy (non-hydrogen) atoms. The zero-order valence-electron chi connectivity index (χ0n) is 17.3. The number of nitrogens with one attached hydrogen (secondary N) is 2. The molecule has 1 saturated heterocycles. The summed E-state index contributed by atoms with van der Waals surface area (Å²) < 4.78 is 11.5. The van der Waals surface area contributed by atoms with E-state index < -0.39 is 24.4 Å². The molecule has 0 radical (unpaired) electrons. The van der Waals surface area contributed by atoms with Gasteiger partial charge in [-0.25, -0.2) is 9.69 Å². The second-order valence-electron chi connectivity index (χ2n) is 6.76. The van der Waals surface area contributed by atoms with Crippen LogP contribution in [0.25, 0.3) is 6.08 Å². The summed E-state index contributed by atoms with van der Waals surface area (Å²) in [6.07, 6.45) is 1.52. The number of carbonyl (C=O) groups excluding carboxylic acids is 3. The maximum atomic E-state index is 12.7. The van der Waals surface area contributed by atoms with Gasteiger partial charge in [0.05, 0.1) is 18.2 Å². The Morgan fingerprint density at radius 3 is 2.71 bits per heavy atom. The number of amides is 4. The Morgan fingerprint density at radius 2 is 2.03 bits per heavy atom. The molecule has 4 amide bonds. The average Bonchev–Trinajstić information content (AvgIpc) is 2.95. The van der Waals surface area contributed by atoms with E-state index >= 15 is 0 Å². The largest absolute Gasteiger partial charge is 0.492 e. The van der Waals surface area contributed by atoms with Crippen molar-refractivity contribution in [2.24, 2.45) is 0 Å². The van der Waals surface area contributed by atoms with Crippen LogP contribution in [0.5, 0.6) is 11.5 Å². The summed E-state index contributed by atoms with van der Waals surface area (Å²) in [6, 6.07) is 10.0. The summed E-state index contributed by atoms with van der Waals surface area (Å²) in [4.78, 5) is 38.2. The molecule has 2 N–H and O–H groups in total. The number of benzene rings is 2. The number of hydrogen-bond donors (Lipinski definition) is 2. The van der Waals surface area contributed by atoms with E-state index in [9.17, 15) is 14.4 Å². The summed E-state index contributed by atoms with van der Waals surface area (Å²) in [5.41, 5.74) is 2.26. The number of aryl methyl sites for hydroxylation is 1. The van der Waals surface area contributed by atoms with Gasteiger partial charge in [-0.3, -0.25) is 9.59 Å². The van der Waals surface area contributed by atoms with Gasteiger partial charge in [0.15, 0.2) is 11.5 Å². The fourth-order valence-electron chi connectivity index (χ4n) is 3.08. The number of methoxy groups -OCH3 is 1. The summed E-state index contributed by atoms with van der Waals surface area (Å²) >= 11 is 3.42. The van der Waals surface area contributed by atoms with E-state index in [1.807, 2.05) is 26.0 Å². The van der Waals surface area contributed by atoms with E-state index in [0.29, 0.717) is 33.8 Å². The summed E-state index contributed by atoms with van der Waals surface area (Å²) in [5.74, 6) is -0.0342. The monoisotopic (exact) mass is 487 g/mol. The lowest BCUT2D eigenvalue weighted by Gasteiger charge is -2.12. The Bertz CT molecular complexity index is 1070. The Labute approximate surface area is 188 Å². The second-order valence-corrected chi connectivity index (χ2v) is 7.62. The highest BCUT2D eigenvalue weighted by Crippen LogP contribution is 2.37. The van der Waals surface area contributed by atoms with Crippen molar-refractivity contribution in [2.45, 2.75) is 13.8 Å². The summed E-state index contributed by atoms with van der Waals surface area (Å²) in [5, 5.41) is 5.20. The van der Waals surface area contributed by atoms with Crippen molar-refractivity contribution in [1.29, 1.82) is 0 Å². The van der Waals surface area contributed by atoms with Crippen LogP contribution in [0.4, 0.5) is 10.5 Å². The van der Waals surface area contributed by atoms with Crippen molar-refractivity contribution in [2.75, 3.05) is 25.6 Å². The van der Waals surface area contributed by atoms with Crippen LogP contribution in [0.1, 0.15) is 18.1 Å². The van der Waals surface area contributed by atoms with Gasteiger partial charge >= 0.3 is 6.03 Å². The average molecular weight is 488 g/mol. The van der Waals surface area contributed by atoms with Crippen molar-refractivity contribution < 1.29 is 23.9 Å². The minimum Gasteiger partial charge on any atom is -0.492 e. The number of carbonyl (C=O) groups is 3. The lowest BCUT2D eigenvalue weighted by molar-refractivity contribution is -0.127. The molecule has 2 aromatic carbocycles. The van der Waals surface area contributed by atoms with Crippen LogP contribution in [0.3, 0.4) is 0 Å². The fourth-order valence-corrected chi connectivity index (χ4v) is 3.70. The molecule has 2 aromatic rings. The second kappa shape index (κ2) is 9.65. The lowest BCUT2D eigenvalue weighted by atomic mass is 10.1. The maximum Gasteiger partial charge on any atom is 0.329 e. The van der Waals surface area contributed by atoms with Crippen LogP contribution in [-0.4, -0.2) is 43.0 Å². The standard InChI is InChI=1S/C22H22BrN3O5/c1-4-31-18-11-14(9-16(23)20(18)30-3)10-17-21(28)26(22(29)25-17)12-19(27)24-15-7-5-6-13(2)8-15/h5-11H,4,12H2,1-3H3,(H,24,27)(H,25,29)/b17-10+. The van der Waals surface area contributed by atoms with Gasteiger partial charge in [-0.15, -0.1) is 0 Å². The molecule has 0 aromatic heterocycles. The third-order valence-corrected chi connectivity index (χ3v) is 5.00. The topological polar surface area (TPSA) is 97.0 Å². The molecule has 0 unspecified atom stereocenters. The highest BCUT2D eigenvalue weighted by molar-refractivity contribution is 9.10. The van der Waals surface area contributed by atoms with E-state index in [1.165, 1.54) is 13.2 Å². The molecule has 0 spiro atoms. The van der Waals surface area contributed by atoms with Gasteiger partial charge in [0.1, 0.15) is 12.2 Å². The van der Waals surface area contributed by atoms with Gasteiger partial charge in [0.2, 0.25) is 5.91 Å². The molecular weight excluding hydrogens is 466 g/mol. The van der Waals surface area contributed by atoms with Crippen LogP contribution < -0.4 is 20.1 Å². The number of nitrogens with zero attached hydrogens (tertiary/aromatic N) is 1. The molecule has 0 saturated carbocycles. The Kier molecular flexibility index (Phi) is 6.96. The number of rotatable bonds is 7. The number of ether oxygens (including phenoxy) is 2. The molecule has 0 bridgehead atoms. The van der Waals surface area contributed by atoms with Gasteiger partial charge < -0.3 is 20.1 Å². The first-order valence-corrected chi connectivity index (χ1v) is 10.3. The molecule has 1 fully saturated rings. The zero-order valence-corrected chi connectivity index (χ0v) is 18.9. The molecule has 0 atom stereocenters. The quantitative estimate of drug-likeness (QED) is 0.458. The Morgan fingerprint density at radius 1 is 1.26 bits per heavy atom. The molecule has 1 heterocycles. The third kappa shape index (κ3) is 5.24. The van der Waals surface area contributed by atoms with Crippen molar-refractivity contribution in [3.63, 3.8) is 0 Å². The number of imide groups is 1. The van der Waals surface area contributed by atoms with Crippen LogP contribution in [-0.2, 0) is 9.59 Å². The van der Waals surface area contributed by atoms with Gasteiger partial charge in [-0.1, -0.05) is 12.1 Å². The summed E-state index contributed by atoms with van der Waals surface area (Å²) in [6.45, 7) is 3.78. The zero-order chi connectivity index (χ0) is 22.5. The van der Waals surface area contributed by atoms with Crippen LogP contribution in [0, 0.1) is 6.92 Å². The molecule has 1 aliphatic rings. The van der Waals surface area contributed by atoms with Gasteiger partial charge in [-0.2, -0.15) is 0 Å². The predicted octanol–water partition coefficient (Wildman–Crippen LogP) is 3.70. The van der Waals surface area contributed by atoms with Crippen LogP contribution in [0.15, 0.2) is 46.6 Å². The molecule has 9 heteroatoms. The smallest absolute Gasteiger partial charge is 0.329 e. The predicted molar refractivity (Wildman–Crippen MR) is 120 cm³/mol. The van der Waals surface area contributed by atoms with E-state index in [1.54, 1.807) is 24.3 Å². The lowest BCUT2D eigenvalue weighted by Crippen LogP contribution is -2.38. The van der Waals surface area contributed by atoms with E-state index in [2.05, 4.69) is 26.6 Å². The first-order chi connectivity index (χ1) is 14.8. The molecule has 162 valence electrons. The SMILES string of the molecule is CCOc1cc(/C=C2/NC(=O)N(CC(=O)Nc3cccc(C)c3)C2=O)cc(Br)c1OC. The number of halogens is 1. The fraction of sp³-hybridized carbons (Fsp3) is 0.227. The molecule has 0 aliphatic carbocycles. The Hall–Kier alpha value is -3.33. The Balaban J connectivity index is 1.76. The molecule has 3 rings (SSSR count). The highest BCUT2D eigenvalue weighted by atomic mass is 79.9. The summed E-state index contributed by atoms with van der Waals surface area (Å²) in [7, 11) is 1.53. The van der Waals surface area contributed by atoms with Gasteiger partial charge in [0, 0.05) is 5.69 Å². The number of hydrogen-bond acceptors (Lipinski definition) is 5. The first-order valence-electron chi connectivity index (χ1n) is 9.53. The third-order valence-electron chi connectivity index (χ3n) is 4.41. The maximum absolute atomic E-state index is 12.7. The van der Waals surface area contributed by atoms with Crippen molar-refractivity contribution in [3.8, 4) is 11.5 Å². The van der Waals surface area contributed by atoms with Gasteiger partial charge in [0.25, 0.3) is 5.91 Å². The van der Waals surface area contributed by atoms with E-state index in [0.717, 1.165) is 10.5 Å². The first kappa shape index (κ1) is 22.4. The molecular formula is C22H22BrN3O5. The minimum atomic E-state index is -0.659. The van der Waals surface area contributed by atoms with Crippen LogP contribution >= 0.6 is 15.9 Å². The van der Waals surface area contributed by atoms with E-state index in [4.69, 9.17) is 9.47 Å². The molecule has 1 aliphatic heterocycles. The minimum absolute atomic E-state index is 0.0628. The van der Waals surface area contributed by atoms with Gasteiger partial charge in [-0.05, 0) is 71.2 Å². The van der Waals surface area contributed by atoms with Crippen molar-refractivity contribution in [3.05, 3.63) is 57.7 Å². The van der Waals surface area contributed by atoms with Crippen molar-refractivity contribution in [1.82, 2.24) is 10.2 Å². The van der Waals surface area contributed by atoms with Crippen LogP contribution in [0.2, 0.25) is 0 Å².